The Morgan fingerprint density at radius 1 is 1.17 bits per heavy atom. The Morgan fingerprint density at radius 3 is 2.66 bits per heavy atom. The van der Waals surface area contributed by atoms with Crippen LogP contribution in [0.25, 0.3) is 10.7 Å². The van der Waals surface area contributed by atoms with Crippen molar-refractivity contribution in [3.05, 3.63) is 29.4 Å². The molecule has 2 aliphatic heterocycles. The number of carboxylic acids is 1. The number of halogens is 1. The molecule has 10 nitrogen and oxygen atoms in total. The maximum atomic E-state index is 10.8. The SMILES string of the molecule is O=C(O)Cn1nnc(-c2cnc(N3CC4CN(c5cc(OCC6CCC6)ccc5Cl)CC4C3)s2)n1. The second kappa shape index (κ2) is 9.27. The molecule has 6 rings (SSSR count). The summed E-state index contributed by atoms with van der Waals surface area (Å²) in [5.41, 5.74) is 1.06. The zero-order valence-corrected chi connectivity index (χ0v) is 20.7. The van der Waals surface area contributed by atoms with E-state index in [1.807, 2.05) is 12.1 Å². The summed E-state index contributed by atoms with van der Waals surface area (Å²) in [4.78, 5) is 22.0. The molecule has 3 aromatic rings. The fourth-order valence-corrected chi connectivity index (χ4v) is 6.18. The molecule has 0 amide bonds. The minimum Gasteiger partial charge on any atom is -0.493 e. The molecular weight excluding hydrogens is 490 g/mol. The van der Waals surface area contributed by atoms with Gasteiger partial charge >= 0.3 is 5.97 Å². The third-order valence-corrected chi connectivity index (χ3v) is 8.54. The van der Waals surface area contributed by atoms with Gasteiger partial charge in [-0.25, -0.2) is 4.98 Å². The predicted molar refractivity (Wildman–Crippen MR) is 132 cm³/mol. The van der Waals surface area contributed by atoms with Crippen molar-refractivity contribution in [1.82, 2.24) is 25.2 Å². The Hall–Kier alpha value is -2.92. The lowest BCUT2D eigenvalue weighted by atomic mass is 9.86. The molecule has 1 aliphatic carbocycles. The molecule has 12 heteroatoms. The highest BCUT2D eigenvalue weighted by Crippen LogP contribution is 2.41. The highest BCUT2D eigenvalue weighted by molar-refractivity contribution is 7.18. The van der Waals surface area contributed by atoms with Gasteiger partial charge in [-0.05, 0) is 36.1 Å². The number of thiazole rings is 1. The fraction of sp³-hybridized carbons (Fsp3) is 0.522. The van der Waals surface area contributed by atoms with E-state index < -0.39 is 5.97 Å². The highest BCUT2D eigenvalue weighted by atomic mass is 35.5. The number of aromatic nitrogens is 5. The Morgan fingerprint density at radius 2 is 1.94 bits per heavy atom. The molecule has 0 spiro atoms. The van der Waals surface area contributed by atoms with Crippen LogP contribution in [0, 0.1) is 17.8 Å². The van der Waals surface area contributed by atoms with E-state index in [1.54, 1.807) is 6.20 Å². The van der Waals surface area contributed by atoms with Gasteiger partial charge in [0.1, 0.15) is 5.75 Å². The van der Waals surface area contributed by atoms with Gasteiger partial charge in [-0.2, -0.15) is 4.80 Å². The molecule has 2 unspecified atom stereocenters. The molecule has 2 aromatic heterocycles. The van der Waals surface area contributed by atoms with Gasteiger partial charge in [0.15, 0.2) is 11.7 Å². The van der Waals surface area contributed by atoms with Gasteiger partial charge in [0, 0.05) is 44.1 Å². The number of carboxylic acid groups (broad SMARTS) is 1. The zero-order valence-electron chi connectivity index (χ0n) is 19.1. The van der Waals surface area contributed by atoms with Gasteiger partial charge in [0.05, 0.1) is 28.4 Å². The maximum Gasteiger partial charge on any atom is 0.327 e. The number of ether oxygens (including phenoxy) is 1. The van der Waals surface area contributed by atoms with Gasteiger partial charge in [0.25, 0.3) is 0 Å². The van der Waals surface area contributed by atoms with Crippen molar-refractivity contribution in [2.75, 3.05) is 42.6 Å². The number of fused-ring (bicyclic) bond motifs is 1. The second-order valence-electron chi connectivity index (χ2n) is 9.60. The lowest BCUT2D eigenvalue weighted by molar-refractivity contribution is -0.138. The zero-order chi connectivity index (χ0) is 23.9. The van der Waals surface area contributed by atoms with Crippen LogP contribution in [0.4, 0.5) is 10.8 Å². The molecule has 2 atom stereocenters. The molecular formula is C23H26ClN7O3S. The molecule has 4 heterocycles. The summed E-state index contributed by atoms with van der Waals surface area (Å²) in [5.74, 6) is 2.06. The number of hydrogen-bond donors (Lipinski definition) is 1. The van der Waals surface area contributed by atoms with E-state index in [0.717, 1.165) is 64.1 Å². The molecule has 2 saturated heterocycles. The summed E-state index contributed by atoms with van der Waals surface area (Å²) in [6.45, 7) is 4.25. The number of carbonyl (C=O) groups is 1. The van der Waals surface area contributed by atoms with E-state index in [9.17, 15) is 4.79 Å². The van der Waals surface area contributed by atoms with Gasteiger partial charge in [-0.15, -0.1) is 10.2 Å². The first-order chi connectivity index (χ1) is 17.0. The van der Waals surface area contributed by atoms with Crippen LogP contribution in [0.1, 0.15) is 19.3 Å². The summed E-state index contributed by atoms with van der Waals surface area (Å²) >= 11 is 8.09. The lowest BCUT2D eigenvalue weighted by Gasteiger charge is -2.26. The van der Waals surface area contributed by atoms with Crippen molar-refractivity contribution >= 4 is 39.7 Å². The van der Waals surface area contributed by atoms with Crippen molar-refractivity contribution in [1.29, 1.82) is 0 Å². The molecule has 35 heavy (non-hydrogen) atoms. The third-order valence-electron chi connectivity index (χ3n) is 7.17. The van der Waals surface area contributed by atoms with Gasteiger partial charge in [0.2, 0.25) is 5.82 Å². The third kappa shape index (κ3) is 4.66. The van der Waals surface area contributed by atoms with Crippen LogP contribution in [-0.4, -0.2) is 69.1 Å². The summed E-state index contributed by atoms with van der Waals surface area (Å²) in [6, 6.07) is 6.01. The van der Waals surface area contributed by atoms with Crippen LogP contribution in [0.5, 0.6) is 5.75 Å². The van der Waals surface area contributed by atoms with Crippen molar-refractivity contribution in [2.45, 2.75) is 25.8 Å². The average molecular weight is 516 g/mol. The Bertz CT molecular complexity index is 1220. The average Bonchev–Trinajstić information content (AvgIpc) is 3.56. The number of nitrogens with zero attached hydrogens (tertiary/aromatic N) is 7. The number of aliphatic carboxylic acids is 1. The molecule has 1 N–H and O–H groups in total. The molecule has 1 aromatic carbocycles. The number of tetrazole rings is 1. The summed E-state index contributed by atoms with van der Waals surface area (Å²) < 4.78 is 6.05. The smallest absolute Gasteiger partial charge is 0.327 e. The molecule has 1 saturated carbocycles. The largest absolute Gasteiger partial charge is 0.493 e. The first-order valence-electron chi connectivity index (χ1n) is 11.9. The van der Waals surface area contributed by atoms with Crippen LogP contribution >= 0.6 is 22.9 Å². The Labute approximate surface area is 211 Å². The Kier molecular flexibility index (Phi) is 5.97. The topological polar surface area (TPSA) is 109 Å². The monoisotopic (exact) mass is 515 g/mol. The first kappa shape index (κ1) is 22.5. The van der Waals surface area contributed by atoms with E-state index in [1.165, 1.54) is 30.6 Å². The quantitative estimate of drug-likeness (QED) is 0.483. The summed E-state index contributed by atoms with van der Waals surface area (Å²) in [5, 5.41) is 22.5. The highest BCUT2D eigenvalue weighted by Gasteiger charge is 2.41. The van der Waals surface area contributed by atoms with Crippen LogP contribution < -0.4 is 14.5 Å². The van der Waals surface area contributed by atoms with Crippen LogP contribution in [0.15, 0.2) is 24.4 Å². The van der Waals surface area contributed by atoms with Crippen molar-refractivity contribution in [3.63, 3.8) is 0 Å². The van der Waals surface area contributed by atoms with Gasteiger partial charge in [-0.3, -0.25) is 4.79 Å². The van der Waals surface area contributed by atoms with Crippen LogP contribution in [0.2, 0.25) is 5.02 Å². The minimum absolute atomic E-state index is 0.315. The minimum atomic E-state index is -1.01. The predicted octanol–water partition coefficient (Wildman–Crippen LogP) is 3.29. The molecule has 0 bridgehead atoms. The normalized spacial score (nSPS) is 21.9. The van der Waals surface area contributed by atoms with Gasteiger partial charge in [-0.1, -0.05) is 29.4 Å². The summed E-state index contributed by atoms with van der Waals surface area (Å²) in [7, 11) is 0. The standard InChI is InChI=1S/C23H26ClN7O3S/c24-18-5-4-17(34-13-14-2-1-3-14)6-19(18)29-8-15-10-30(11-16(15)9-29)23-25-7-20(35-23)22-26-28-31(27-22)12-21(32)33/h4-7,14-16H,1-3,8-13H2,(H,32,33). The van der Waals surface area contributed by atoms with E-state index in [0.29, 0.717) is 23.6 Å². The fourth-order valence-electron chi connectivity index (χ4n) is 5.09. The van der Waals surface area contributed by atoms with Crippen LogP contribution in [-0.2, 0) is 11.3 Å². The van der Waals surface area contributed by atoms with E-state index in [2.05, 4.69) is 36.3 Å². The van der Waals surface area contributed by atoms with E-state index in [-0.39, 0.29) is 6.54 Å². The van der Waals surface area contributed by atoms with Crippen molar-refractivity contribution < 1.29 is 14.6 Å². The van der Waals surface area contributed by atoms with E-state index in [4.69, 9.17) is 21.4 Å². The number of benzene rings is 1. The van der Waals surface area contributed by atoms with Gasteiger partial charge < -0.3 is 19.6 Å². The maximum absolute atomic E-state index is 10.8. The first-order valence-corrected chi connectivity index (χ1v) is 13.1. The lowest BCUT2D eigenvalue weighted by Crippen LogP contribution is -2.28. The number of hydrogen-bond acceptors (Lipinski definition) is 9. The molecule has 3 fully saturated rings. The molecule has 3 aliphatic rings. The number of anilines is 2. The van der Waals surface area contributed by atoms with Crippen LogP contribution in [0.3, 0.4) is 0 Å². The summed E-state index contributed by atoms with van der Waals surface area (Å²) in [6.07, 6.45) is 5.60. The van der Waals surface area contributed by atoms with E-state index >= 15 is 0 Å². The Balaban J connectivity index is 1.08. The second-order valence-corrected chi connectivity index (χ2v) is 11.0. The number of rotatable bonds is 8. The molecule has 184 valence electrons. The van der Waals surface area contributed by atoms with Crippen molar-refractivity contribution in [3.8, 4) is 16.5 Å². The molecule has 0 radical (unpaired) electrons. The van der Waals surface area contributed by atoms with Crippen molar-refractivity contribution in [2.24, 2.45) is 17.8 Å².